The SMILES string of the molecule is O=C(Nc1nc(-c2ccncc2)ns1)[C@@H]1CCOC1. The Morgan fingerprint density at radius 3 is 3.00 bits per heavy atom. The molecule has 0 aliphatic carbocycles. The van der Waals surface area contributed by atoms with E-state index in [2.05, 4.69) is 19.7 Å². The topological polar surface area (TPSA) is 77.0 Å². The highest BCUT2D eigenvalue weighted by atomic mass is 32.1. The van der Waals surface area contributed by atoms with Crippen molar-refractivity contribution in [3.63, 3.8) is 0 Å². The quantitative estimate of drug-likeness (QED) is 0.921. The Hall–Kier alpha value is -1.86. The van der Waals surface area contributed by atoms with Crippen molar-refractivity contribution < 1.29 is 9.53 Å². The van der Waals surface area contributed by atoms with Crippen molar-refractivity contribution in [3.8, 4) is 11.4 Å². The number of nitrogens with one attached hydrogen (secondary N) is 1. The first-order chi connectivity index (χ1) is 9.33. The van der Waals surface area contributed by atoms with Gasteiger partial charge in [-0.1, -0.05) is 0 Å². The maximum absolute atomic E-state index is 11.9. The third-order valence-corrected chi connectivity index (χ3v) is 3.53. The second-order valence-corrected chi connectivity index (χ2v) is 4.96. The van der Waals surface area contributed by atoms with E-state index in [1.807, 2.05) is 12.1 Å². The number of carbonyl (C=O) groups excluding carboxylic acids is 1. The van der Waals surface area contributed by atoms with Gasteiger partial charge >= 0.3 is 0 Å². The first-order valence-corrected chi connectivity index (χ1v) is 6.73. The second-order valence-electron chi connectivity index (χ2n) is 4.21. The Labute approximate surface area is 114 Å². The van der Waals surface area contributed by atoms with Gasteiger partial charge in [-0.3, -0.25) is 9.78 Å². The molecule has 7 heteroatoms. The van der Waals surface area contributed by atoms with Gasteiger partial charge in [-0.05, 0) is 18.6 Å². The lowest BCUT2D eigenvalue weighted by atomic mass is 10.1. The van der Waals surface area contributed by atoms with Gasteiger partial charge in [-0.2, -0.15) is 9.36 Å². The summed E-state index contributed by atoms with van der Waals surface area (Å²) in [7, 11) is 0. The van der Waals surface area contributed by atoms with Crippen LogP contribution in [0.3, 0.4) is 0 Å². The maximum atomic E-state index is 11.9. The molecule has 1 fully saturated rings. The van der Waals surface area contributed by atoms with Crippen molar-refractivity contribution in [2.75, 3.05) is 18.5 Å². The zero-order valence-electron chi connectivity index (χ0n) is 10.1. The maximum Gasteiger partial charge on any atom is 0.231 e. The third-order valence-electron chi connectivity index (χ3n) is 2.90. The van der Waals surface area contributed by atoms with E-state index in [1.165, 1.54) is 11.5 Å². The lowest BCUT2D eigenvalue weighted by Crippen LogP contribution is -2.22. The molecule has 2 aromatic heterocycles. The van der Waals surface area contributed by atoms with Crippen LogP contribution in [0.25, 0.3) is 11.4 Å². The number of amides is 1. The molecular weight excluding hydrogens is 264 g/mol. The molecule has 1 N–H and O–H groups in total. The van der Waals surface area contributed by atoms with Gasteiger partial charge < -0.3 is 10.1 Å². The van der Waals surface area contributed by atoms with E-state index in [4.69, 9.17) is 4.74 Å². The molecule has 0 radical (unpaired) electrons. The van der Waals surface area contributed by atoms with Gasteiger partial charge in [0, 0.05) is 36.1 Å². The monoisotopic (exact) mass is 276 g/mol. The Morgan fingerprint density at radius 1 is 1.42 bits per heavy atom. The number of carbonyl (C=O) groups is 1. The fraction of sp³-hybridized carbons (Fsp3) is 0.333. The van der Waals surface area contributed by atoms with E-state index in [0.717, 1.165) is 12.0 Å². The van der Waals surface area contributed by atoms with E-state index in [1.54, 1.807) is 12.4 Å². The Balaban J connectivity index is 1.70. The molecule has 1 atom stereocenters. The normalized spacial score (nSPS) is 18.4. The molecule has 1 aliphatic rings. The molecule has 3 heterocycles. The minimum absolute atomic E-state index is 0.0464. The highest BCUT2D eigenvalue weighted by Crippen LogP contribution is 2.21. The fourth-order valence-corrected chi connectivity index (χ4v) is 2.43. The van der Waals surface area contributed by atoms with Crippen molar-refractivity contribution in [3.05, 3.63) is 24.5 Å². The average Bonchev–Trinajstić information content (AvgIpc) is 3.11. The third kappa shape index (κ3) is 2.77. The first-order valence-electron chi connectivity index (χ1n) is 5.95. The molecule has 0 unspecified atom stereocenters. The van der Waals surface area contributed by atoms with E-state index >= 15 is 0 Å². The summed E-state index contributed by atoms with van der Waals surface area (Å²) in [6.45, 7) is 1.14. The molecule has 1 amide bonds. The van der Waals surface area contributed by atoms with Gasteiger partial charge in [0.1, 0.15) is 0 Å². The van der Waals surface area contributed by atoms with Crippen LogP contribution in [0, 0.1) is 5.92 Å². The number of rotatable bonds is 3. The zero-order chi connectivity index (χ0) is 13.1. The average molecular weight is 276 g/mol. The fourth-order valence-electron chi connectivity index (χ4n) is 1.84. The molecule has 1 aliphatic heterocycles. The summed E-state index contributed by atoms with van der Waals surface area (Å²) in [6.07, 6.45) is 4.14. The van der Waals surface area contributed by atoms with Gasteiger partial charge in [0.05, 0.1) is 12.5 Å². The van der Waals surface area contributed by atoms with E-state index < -0.39 is 0 Å². The molecule has 98 valence electrons. The minimum Gasteiger partial charge on any atom is -0.381 e. The summed E-state index contributed by atoms with van der Waals surface area (Å²) >= 11 is 1.18. The van der Waals surface area contributed by atoms with Crippen LogP contribution >= 0.6 is 11.5 Å². The van der Waals surface area contributed by atoms with Gasteiger partial charge in [-0.25, -0.2) is 0 Å². The van der Waals surface area contributed by atoms with Crippen LogP contribution in [0.1, 0.15) is 6.42 Å². The van der Waals surface area contributed by atoms with Gasteiger partial charge in [0.25, 0.3) is 0 Å². The number of hydrogen-bond donors (Lipinski definition) is 1. The highest BCUT2D eigenvalue weighted by molar-refractivity contribution is 7.10. The van der Waals surface area contributed by atoms with Crippen molar-refractivity contribution >= 4 is 22.6 Å². The molecule has 0 spiro atoms. The lowest BCUT2D eigenvalue weighted by Gasteiger charge is -2.05. The van der Waals surface area contributed by atoms with Crippen LogP contribution in [0.2, 0.25) is 0 Å². The molecular formula is C12H12N4O2S. The summed E-state index contributed by atoms with van der Waals surface area (Å²) in [5.74, 6) is 0.480. The van der Waals surface area contributed by atoms with Crippen LogP contribution < -0.4 is 5.32 Å². The number of ether oxygens (including phenoxy) is 1. The van der Waals surface area contributed by atoms with Gasteiger partial charge in [0.2, 0.25) is 11.0 Å². The van der Waals surface area contributed by atoms with E-state index in [9.17, 15) is 4.79 Å². The molecule has 3 rings (SSSR count). The van der Waals surface area contributed by atoms with Crippen LogP contribution in [-0.4, -0.2) is 33.5 Å². The number of aromatic nitrogens is 3. The van der Waals surface area contributed by atoms with E-state index in [-0.39, 0.29) is 11.8 Å². The molecule has 1 saturated heterocycles. The Morgan fingerprint density at radius 2 is 2.26 bits per heavy atom. The summed E-state index contributed by atoms with van der Waals surface area (Å²) < 4.78 is 9.41. The zero-order valence-corrected chi connectivity index (χ0v) is 10.9. The standard InChI is InChI=1S/C12H12N4O2S/c17-11(9-3-6-18-7-9)15-12-14-10(16-19-12)8-1-4-13-5-2-8/h1-2,4-5,9H,3,6-7H2,(H,14,15,16,17)/t9-/m1/s1. The minimum atomic E-state index is -0.0757. The highest BCUT2D eigenvalue weighted by Gasteiger charge is 2.24. The number of anilines is 1. The van der Waals surface area contributed by atoms with Crippen molar-refractivity contribution in [2.24, 2.45) is 5.92 Å². The van der Waals surface area contributed by atoms with Gasteiger partial charge in [0.15, 0.2) is 5.82 Å². The number of pyridine rings is 1. The summed E-state index contributed by atoms with van der Waals surface area (Å²) in [4.78, 5) is 20.1. The van der Waals surface area contributed by atoms with Crippen LogP contribution in [0.15, 0.2) is 24.5 Å². The van der Waals surface area contributed by atoms with Crippen LogP contribution in [0.5, 0.6) is 0 Å². The lowest BCUT2D eigenvalue weighted by molar-refractivity contribution is -0.119. The smallest absolute Gasteiger partial charge is 0.231 e. The summed E-state index contributed by atoms with van der Waals surface area (Å²) in [5, 5.41) is 3.30. The van der Waals surface area contributed by atoms with Crippen LogP contribution in [-0.2, 0) is 9.53 Å². The molecule has 0 aromatic carbocycles. The molecule has 6 nitrogen and oxygen atoms in total. The Bertz CT molecular complexity index is 566. The van der Waals surface area contributed by atoms with Crippen molar-refractivity contribution in [2.45, 2.75) is 6.42 Å². The molecule has 0 bridgehead atoms. The largest absolute Gasteiger partial charge is 0.381 e. The second kappa shape index (κ2) is 5.41. The van der Waals surface area contributed by atoms with Crippen molar-refractivity contribution in [1.82, 2.24) is 14.3 Å². The summed E-state index contributed by atoms with van der Waals surface area (Å²) in [6, 6.07) is 3.66. The van der Waals surface area contributed by atoms with Gasteiger partial charge in [-0.15, -0.1) is 0 Å². The molecule has 0 saturated carbocycles. The number of hydrogen-bond acceptors (Lipinski definition) is 6. The predicted molar refractivity (Wildman–Crippen MR) is 70.7 cm³/mol. The summed E-state index contributed by atoms with van der Waals surface area (Å²) in [5.41, 5.74) is 0.885. The van der Waals surface area contributed by atoms with Crippen LogP contribution in [0.4, 0.5) is 5.13 Å². The Kier molecular flexibility index (Phi) is 3.47. The van der Waals surface area contributed by atoms with Crippen molar-refractivity contribution in [1.29, 1.82) is 0 Å². The molecule has 19 heavy (non-hydrogen) atoms. The first kappa shape index (κ1) is 12.2. The van der Waals surface area contributed by atoms with E-state index in [0.29, 0.717) is 24.2 Å². The number of nitrogens with zero attached hydrogens (tertiary/aromatic N) is 3. The predicted octanol–water partition coefficient (Wildman–Crippen LogP) is 1.58. The molecule has 2 aromatic rings.